The van der Waals surface area contributed by atoms with Crippen molar-refractivity contribution in [1.29, 1.82) is 0 Å². The van der Waals surface area contributed by atoms with Crippen molar-refractivity contribution in [3.8, 4) is 18.2 Å². The minimum absolute atomic E-state index is 0.261. The average Bonchev–Trinajstić information content (AvgIpc) is 2.86. The van der Waals surface area contributed by atoms with Crippen LogP contribution in [-0.2, 0) is 17.7 Å². The van der Waals surface area contributed by atoms with Gasteiger partial charge in [-0.25, -0.2) is 13.9 Å². The molecule has 0 saturated heterocycles. The second-order valence-corrected chi connectivity index (χ2v) is 6.97. The highest BCUT2D eigenvalue weighted by atomic mass is 31.2. The number of halogens is 1. The van der Waals surface area contributed by atoms with E-state index >= 15 is 0 Å². The SMILES string of the molecule is C#CCn1c(C)c(C)c2ccnc(OCc3ccc(F)cc3)c21.O=P(O)(O)O. The first-order chi connectivity index (χ1) is 13.1. The first-order valence-corrected chi connectivity index (χ1v) is 9.71. The van der Waals surface area contributed by atoms with Gasteiger partial charge in [0, 0.05) is 17.3 Å². The summed E-state index contributed by atoms with van der Waals surface area (Å²) in [5.74, 6) is 2.95. The van der Waals surface area contributed by atoms with Gasteiger partial charge in [0.25, 0.3) is 0 Å². The Balaban J connectivity index is 0.000000500. The largest absolute Gasteiger partial charge is 0.471 e. The van der Waals surface area contributed by atoms with Gasteiger partial charge in [-0.1, -0.05) is 18.1 Å². The number of phosphoric acid groups is 1. The van der Waals surface area contributed by atoms with E-state index in [0.29, 0.717) is 19.0 Å². The van der Waals surface area contributed by atoms with Gasteiger partial charge in [-0.15, -0.1) is 6.42 Å². The molecule has 148 valence electrons. The lowest BCUT2D eigenvalue weighted by Crippen LogP contribution is -2.03. The second kappa shape index (κ2) is 9.00. The van der Waals surface area contributed by atoms with Crippen molar-refractivity contribution in [1.82, 2.24) is 9.55 Å². The highest BCUT2D eigenvalue weighted by Gasteiger charge is 2.15. The second-order valence-electron chi connectivity index (χ2n) is 5.94. The van der Waals surface area contributed by atoms with Crippen molar-refractivity contribution in [2.75, 3.05) is 0 Å². The Labute approximate surface area is 161 Å². The molecule has 7 nitrogen and oxygen atoms in total. The molecule has 2 heterocycles. The van der Waals surface area contributed by atoms with E-state index in [-0.39, 0.29) is 5.82 Å². The maximum atomic E-state index is 13.0. The van der Waals surface area contributed by atoms with E-state index in [1.807, 2.05) is 17.6 Å². The normalized spacial score (nSPS) is 10.9. The lowest BCUT2D eigenvalue weighted by Gasteiger charge is -2.10. The molecule has 0 spiro atoms. The zero-order chi connectivity index (χ0) is 20.9. The molecule has 0 atom stereocenters. The summed E-state index contributed by atoms with van der Waals surface area (Å²) < 4.78 is 29.8. The highest BCUT2D eigenvalue weighted by molar-refractivity contribution is 7.45. The summed E-state index contributed by atoms with van der Waals surface area (Å²) in [4.78, 5) is 25.9. The molecule has 0 aliphatic carbocycles. The molecule has 0 unspecified atom stereocenters. The van der Waals surface area contributed by atoms with Gasteiger partial charge in [-0.2, -0.15) is 0 Å². The van der Waals surface area contributed by atoms with Crippen LogP contribution >= 0.6 is 7.82 Å². The summed E-state index contributed by atoms with van der Waals surface area (Å²) in [6, 6.07) is 8.21. The summed E-state index contributed by atoms with van der Waals surface area (Å²) in [7, 11) is -4.64. The number of aryl methyl sites for hydroxylation is 1. The molecule has 0 fully saturated rings. The quantitative estimate of drug-likeness (QED) is 0.454. The number of benzene rings is 1. The standard InChI is InChI=1S/C19H17FN2O.H3O4P/c1-4-11-22-14(3)13(2)17-9-10-21-19(18(17)22)23-12-15-5-7-16(20)8-6-15;1-5(2,3)4/h1,5-10H,11-12H2,2-3H3;(H3,1,2,3,4). The maximum Gasteiger partial charge on any atom is 0.466 e. The smallest absolute Gasteiger partial charge is 0.466 e. The molecule has 0 saturated carbocycles. The molecule has 28 heavy (non-hydrogen) atoms. The molecule has 1 aromatic carbocycles. The van der Waals surface area contributed by atoms with Gasteiger partial charge >= 0.3 is 7.82 Å². The third-order valence-electron chi connectivity index (χ3n) is 4.05. The summed E-state index contributed by atoms with van der Waals surface area (Å²) in [5.41, 5.74) is 4.07. The summed E-state index contributed by atoms with van der Waals surface area (Å²) in [5, 5.41) is 1.09. The van der Waals surface area contributed by atoms with Gasteiger partial charge in [-0.3, -0.25) is 0 Å². The molecular weight excluding hydrogens is 386 g/mol. The zero-order valence-corrected chi connectivity index (χ0v) is 16.2. The van der Waals surface area contributed by atoms with Gasteiger partial charge in [0.1, 0.15) is 17.9 Å². The maximum absolute atomic E-state index is 13.0. The fourth-order valence-electron chi connectivity index (χ4n) is 2.69. The molecule has 0 amide bonds. The lowest BCUT2D eigenvalue weighted by atomic mass is 10.2. The predicted molar refractivity (Wildman–Crippen MR) is 103 cm³/mol. The molecule has 3 rings (SSSR count). The number of aromatic nitrogens is 2. The Hall–Kier alpha value is -2.69. The van der Waals surface area contributed by atoms with E-state index in [1.54, 1.807) is 18.3 Å². The molecule has 0 aliphatic rings. The number of ether oxygens (including phenoxy) is 1. The van der Waals surface area contributed by atoms with E-state index in [2.05, 4.69) is 17.8 Å². The highest BCUT2D eigenvalue weighted by Crippen LogP contribution is 2.31. The van der Waals surface area contributed by atoms with Gasteiger partial charge < -0.3 is 24.0 Å². The van der Waals surface area contributed by atoms with Crippen LogP contribution in [0.4, 0.5) is 4.39 Å². The van der Waals surface area contributed by atoms with E-state index in [9.17, 15) is 4.39 Å². The van der Waals surface area contributed by atoms with Gasteiger partial charge in [0.2, 0.25) is 5.88 Å². The molecule has 0 bridgehead atoms. The number of hydrogen-bond donors (Lipinski definition) is 3. The minimum Gasteiger partial charge on any atom is -0.471 e. The average molecular weight is 406 g/mol. The van der Waals surface area contributed by atoms with Crippen molar-refractivity contribution in [2.45, 2.75) is 27.0 Å². The topological polar surface area (TPSA) is 105 Å². The number of terminal acetylenes is 1. The summed E-state index contributed by atoms with van der Waals surface area (Å²) in [6.45, 7) is 4.89. The Morgan fingerprint density at radius 3 is 2.39 bits per heavy atom. The number of nitrogens with zero attached hydrogens (tertiary/aromatic N) is 2. The Morgan fingerprint density at radius 2 is 1.82 bits per heavy atom. The predicted octanol–water partition coefficient (Wildman–Crippen LogP) is 3.08. The van der Waals surface area contributed by atoms with Crippen LogP contribution in [0.2, 0.25) is 0 Å². The van der Waals surface area contributed by atoms with Crippen molar-refractivity contribution >= 4 is 18.7 Å². The van der Waals surface area contributed by atoms with E-state index in [0.717, 1.165) is 22.2 Å². The van der Waals surface area contributed by atoms with Crippen LogP contribution in [0.15, 0.2) is 36.5 Å². The van der Waals surface area contributed by atoms with Crippen LogP contribution in [0.1, 0.15) is 16.8 Å². The lowest BCUT2D eigenvalue weighted by molar-refractivity contribution is 0.275. The molecular formula is C19H20FN2O5P. The molecule has 3 aromatic rings. The van der Waals surface area contributed by atoms with Crippen molar-refractivity contribution in [2.24, 2.45) is 0 Å². The van der Waals surface area contributed by atoms with Crippen LogP contribution in [0.25, 0.3) is 10.9 Å². The van der Waals surface area contributed by atoms with Crippen molar-refractivity contribution < 1.29 is 28.4 Å². The minimum atomic E-state index is -4.64. The summed E-state index contributed by atoms with van der Waals surface area (Å²) >= 11 is 0. The van der Waals surface area contributed by atoms with Crippen LogP contribution in [0, 0.1) is 32.0 Å². The molecule has 0 aliphatic heterocycles. The Kier molecular flexibility index (Phi) is 6.95. The third-order valence-corrected chi connectivity index (χ3v) is 4.05. The molecule has 2 aromatic heterocycles. The van der Waals surface area contributed by atoms with Crippen LogP contribution < -0.4 is 4.74 Å². The first-order valence-electron chi connectivity index (χ1n) is 8.15. The number of fused-ring (bicyclic) bond motifs is 1. The first kappa shape index (κ1) is 21.6. The summed E-state index contributed by atoms with van der Waals surface area (Å²) in [6.07, 6.45) is 7.22. The van der Waals surface area contributed by atoms with Crippen molar-refractivity contribution in [3.63, 3.8) is 0 Å². The van der Waals surface area contributed by atoms with Crippen LogP contribution in [-0.4, -0.2) is 24.2 Å². The molecule has 0 radical (unpaired) electrons. The van der Waals surface area contributed by atoms with Gasteiger partial charge in [0.15, 0.2) is 0 Å². The van der Waals surface area contributed by atoms with Crippen LogP contribution in [0.3, 0.4) is 0 Å². The van der Waals surface area contributed by atoms with Gasteiger partial charge in [0.05, 0.1) is 6.54 Å². The molecule has 9 heteroatoms. The zero-order valence-electron chi connectivity index (χ0n) is 15.3. The fourth-order valence-corrected chi connectivity index (χ4v) is 2.69. The Bertz CT molecular complexity index is 1040. The van der Waals surface area contributed by atoms with E-state index in [1.165, 1.54) is 17.7 Å². The number of hydrogen-bond acceptors (Lipinski definition) is 3. The Morgan fingerprint density at radius 1 is 1.21 bits per heavy atom. The molecule has 3 N–H and O–H groups in total. The number of rotatable bonds is 4. The third kappa shape index (κ3) is 5.65. The van der Waals surface area contributed by atoms with Crippen LogP contribution in [0.5, 0.6) is 5.88 Å². The van der Waals surface area contributed by atoms with Crippen molar-refractivity contribution in [3.05, 3.63) is 59.2 Å². The fraction of sp³-hybridized carbons (Fsp3) is 0.211. The van der Waals surface area contributed by atoms with E-state index in [4.69, 9.17) is 30.4 Å². The number of pyridine rings is 1. The monoisotopic (exact) mass is 406 g/mol. The van der Waals surface area contributed by atoms with Gasteiger partial charge in [-0.05, 0) is 43.2 Å². The van der Waals surface area contributed by atoms with E-state index < -0.39 is 7.82 Å².